The molecule has 6 aliphatic rings. The highest BCUT2D eigenvalue weighted by molar-refractivity contribution is 6.01. The lowest BCUT2D eigenvalue weighted by atomic mass is 9.33. The van der Waals surface area contributed by atoms with Gasteiger partial charge in [0.15, 0.2) is 5.78 Å². The zero-order chi connectivity index (χ0) is 39.6. The minimum Gasteiger partial charge on any atom is -0.481 e. The number of carbonyl (C=O) groups is 3. The number of halogens is 1. The van der Waals surface area contributed by atoms with Crippen molar-refractivity contribution in [3.8, 4) is 0 Å². The maximum atomic E-state index is 14.4. The summed E-state index contributed by atoms with van der Waals surface area (Å²) < 4.78 is 20.2. The quantitative estimate of drug-likeness (QED) is 0.278. The first-order chi connectivity index (χ1) is 25.0. The van der Waals surface area contributed by atoms with Crippen molar-refractivity contribution < 1.29 is 28.6 Å². The van der Waals surface area contributed by atoms with Crippen LogP contribution in [0.5, 0.6) is 0 Å². The molecule has 0 bridgehead atoms. The summed E-state index contributed by atoms with van der Waals surface area (Å²) >= 11 is 0. The van der Waals surface area contributed by atoms with E-state index in [0.717, 1.165) is 69.2 Å². The van der Waals surface area contributed by atoms with Crippen LogP contribution in [0.3, 0.4) is 0 Å². The largest absolute Gasteiger partial charge is 0.481 e. The van der Waals surface area contributed by atoms with E-state index in [1.54, 1.807) is 13.8 Å². The highest BCUT2D eigenvalue weighted by Crippen LogP contribution is 2.77. The number of anilines is 1. The normalized spacial score (nSPS) is 37.6. The number of nitrogens with zero attached hydrogens (tertiary/aromatic N) is 2. The number of carbonyl (C=O) groups excluding carboxylic acids is 2. The molecule has 1 N–H and O–H groups in total. The first-order valence-electron chi connectivity index (χ1n) is 20.7. The van der Waals surface area contributed by atoms with Crippen LogP contribution in [0, 0.1) is 62.0 Å². The number of carboxylic acids is 1. The van der Waals surface area contributed by atoms with E-state index in [1.807, 2.05) is 12.1 Å². The number of carboxylic acid groups (broad SMARTS) is 1. The molecule has 8 atom stereocenters. The molecule has 1 heterocycles. The van der Waals surface area contributed by atoms with Crippen LogP contribution in [0.15, 0.2) is 46.7 Å². The number of Topliss-reactive ketones (excluding diaryl/α,β-unsaturated/α-hetero) is 1. The van der Waals surface area contributed by atoms with Crippen molar-refractivity contribution in [1.29, 1.82) is 0 Å². The van der Waals surface area contributed by atoms with E-state index in [9.17, 15) is 23.9 Å². The molecule has 1 aromatic rings. The molecule has 8 heteroatoms. The van der Waals surface area contributed by atoms with Gasteiger partial charge in [-0.1, -0.05) is 48.5 Å². The van der Waals surface area contributed by atoms with Gasteiger partial charge in [-0.15, -0.1) is 0 Å². The monoisotopic (exact) mass is 744 g/mol. The predicted molar refractivity (Wildman–Crippen MR) is 210 cm³/mol. The van der Waals surface area contributed by atoms with Crippen molar-refractivity contribution in [3.05, 3.63) is 52.5 Å². The van der Waals surface area contributed by atoms with Crippen molar-refractivity contribution in [3.63, 3.8) is 0 Å². The third-order valence-corrected chi connectivity index (χ3v) is 16.9. The molecule has 4 fully saturated rings. The molecular formula is C46H65FN2O5. The zero-order valence-electron chi connectivity index (χ0n) is 34.8. The second kappa shape index (κ2) is 12.7. The van der Waals surface area contributed by atoms with Crippen molar-refractivity contribution in [2.75, 3.05) is 18.6 Å². The summed E-state index contributed by atoms with van der Waals surface area (Å²) in [5, 5.41) is 14.2. The second-order valence-corrected chi connectivity index (χ2v) is 20.7. The predicted octanol–water partition coefficient (Wildman–Crippen LogP) is 10.2. The number of hydrogen-bond acceptors (Lipinski definition) is 6. The number of ketones is 1. The lowest BCUT2D eigenvalue weighted by Crippen LogP contribution is -2.66. The number of benzene rings is 1. The van der Waals surface area contributed by atoms with Crippen LogP contribution in [0.25, 0.3) is 0 Å². The van der Waals surface area contributed by atoms with Gasteiger partial charge in [-0.2, -0.15) is 0 Å². The molecule has 1 aliphatic heterocycles. The number of esters is 1. The molecule has 1 unspecified atom stereocenters. The average Bonchev–Trinajstić information content (AvgIpc) is 3.54. The molecule has 0 amide bonds. The van der Waals surface area contributed by atoms with E-state index in [0.29, 0.717) is 30.0 Å². The maximum absolute atomic E-state index is 14.4. The number of rotatable bonds is 7. The highest BCUT2D eigenvalue weighted by Gasteiger charge is 2.71. The van der Waals surface area contributed by atoms with Crippen LogP contribution in [0.1, 0.15) is 133 Å². The fourth-order valence-electron chi connectivity index (χ4n) is 14.1. The Morgan fingerprint density at radius 2 is 1.61 bits per heavy atom. The Bertz CT molecular complexity index is 1810. The van der Waals surface area contributed by atoms with E-state index in [2.05, 4.69) is 72.5 Å². The molecule has 0 aromatic heterocycles. The Balaban J connectivity index is 1.21. The Kier molecular flexibility index (Phi) is 9.18. The number of ether oxygens (including phenoxy) is 1. The number of aliphatic carboxylic acids is 1. The first-order valence-corrected chi connectivity index (χ1v) is 20.7. The van der Waals surface area contributed by atoms with E-state index in [4.69, 9.17) is 4.74 Å². The van der Waals surface area contributed by atoms with Crippen LogP contribution in [0.4, 0.5) is 10.1 Å². The Hall–Kier alpha value is -3.16. The van der Waals surface area contributed by atoms with Crippen molar-refractivity contribution in [2.45, 2.75) is 140 Å². The zero-order valence-corrected chi connectivity index (χ0v) is 34.8. The first kappa shape index (κ1) is 39.1. The molecule has 296 valence electrons. The lowest BCUT2D eigenvalue weighted by molar-refractivity contribution is -0.233. The Morgan fingerprint density at radius 1 is 0.944 bits per heavy atom. The van der Waals surface area contributed by atoms with Gasteiger partial charge in [0.25, 0.3) is 0 Å². The van der Waals surface area contributed by atoms with Crippen molar-refractivity contribution >= 4 is 23.4 Å². The van der Waals surface area contributed by atoms with Crippen LogP contribution in [-0.4, -0.2) is 47.5 Å². The Labute approximate surface area is 323 Å². The van der Waals surface area contributed by atoms with E-state index in [1.165, 1.54) is 29.0 Å². The summed E-state index contributed by atoms with van der Waals surface area (Å²) in [6.07, 6.45) is 8.31. The number of hydrogen-bond donors (Lipinski definition) is 1. The summed E-state index contributed by atoms with van der Waals surface area (Å²) in [5.74, 6) is 0.0183. The molecule has 7 nitrogen and oxygen atoms in total. The van der Waals surface area contributed by atoms with Gasteiger partial charge >= 0.3 is 11.9 Å². The molecule has 0 saturated heterocycles. The molecule has 0 radical (unpaired) electrons. The fourth-order valence-corrected chi connectivity index (χ4v) is 14.1. The van der Waals surface area contributed by atoms with Gasteiger partial charge in [-0.3, -0.25) is 24.4 Å². The number of allylic oxidation sites excluding steroid dienone is 2. The molecule has 5 aliphatic carbocycles. The van der Waals surface area contributed by atoms with Gasteiger partial charge in [-0.05, 0) is 153 Å². The molecular weight excluding hydrogens is 680 g/mol. The van der Waals surface area contributed by atoms with Crippen molar-refractivity contribution in [1.82, 2.24) is 5.01 Å². The number of fused-ring (bicyclic) bond motifs is 7. The smallest absolute Gasteiger partial charge is 0.309 e. The highest BCUT2D eigenvalue weighted by atomic mass is 19.1. The average molecular weight is 745 g/mol. The Morgan fingerprint density at radius 3 is 2.24 bits per heavy atom. The summed E-state index contributed by atoms with van der Waals surface area (Å²) in [7, 11) is 2.13. The lowest BCUT2D eigenvalue weighted by Gasteiger charge is -2.72. The molecule has 54 heavy (non-hydrogen) atoms. The SMILES string of the molecule is CC1=C([C@@]23CC[C@]4(C)[C@H](CC[C@H]5C4(C)CC[C@H]4C(C)(C)[C@@H](OC(=O)CC(C)(C)C(=O)O)CC[C@@]45C)C2=C(C(C)C)C(=O)C3)N(C)N(c2ccc(F)cc2)C1. The third-order valence-electron chi connectivity index (χ3n) is 16.9. The van der Waals surface area contributed by atoms with Gasteiger partial charge in [-0.25, -0.2) is 4.39 Å². The second-order valence-electron chi connectivity index (χ2n) is 20.7. The molecule has 4 saturated carbocycles. The molecule has 1 aromatic carbocycles. The summed E-state index contributed by atoms with van der Waals surface area (Å²) in [5.41, 5.74) is 4.46. The maximum Gasteiger partial charge on any atom is 0.309 e. The minimum absolute atomic E-state index is 0.0195. The van der Waals surface area contributed by atoms with Crippen LogP contribution in [0.2, 0.25) is 0 Å². The van der Waals surface area contributed by atoms with Gasteiger partial charge < -0.3 is 9.84 Å². The van der Waals surface area contributed by atoms with Crippen LogP contribution < -0.4 is 5.01 Å². The summed E-state index contributed by atoms with van der Waals surface area (Å²) in [4.78, 5) is 39.3. The summed E-state index contributed by atoms with van der Waals surface area (Å²) in [6, 6.07) is 6.76. The van der Waals surface area contributed by atoms with Crippen LogP contribution >= 0.6 is 0 Å². The van der Waals surface area contributed by atoms with Gasteiger partial charge in [0, 0.05) is 30.0 Å². The van der Waals surface area contributed by atoms with E-state index >= 15 is 0 Å². The third kappa shape index (κ3) is 5.40. The van der Waals surface area contributed by atoms with E-state index < -0.39 is 17.4 Å². The van der Waals surface area contributed by atoms with Gasteiger partial charge in [0.05, 0.1) is 24.1 Å². The molecule has 7 rings (SSSR count). The number of hydrazine groups is 1. The van der Waals surface area contributed by atoms with Crippen LogP contribution in [-0.2, 0) is 19.1 Å². The van der Waals surface area contributed by atoms with Gasteiger partial charge in [0.2, 0.25) is 0 Å². The van der Waals surface area contributed by atoms with Crippen molar-refractivity contribution in [2.24, 2.45) is 56.2 Å². The van der Waals surface area contributed by atoms with Gasteiger partial charge in [0.1, 0.15) is 11.9 Å². The topological polar surface area (TPSA) is 87.2 Å². The molecule has 0 spiro atoms. The minimum atomic E-state index is -1.16. The van der Waals surface area contributed by atoms with E-state index in [-0.39, 0.29) is 51.3 Å². The fraction of sp³-hybridized carbons (Fsp3) is 0.717. The standard InChI is InChI=1S/C46H65FN2O5/c1-27(2)37-32(50)24-46(39-28(3)26-49(48(39)11)30-14-12-29(47)13-15-30)23-22-44(9)31(38(37)46)16-17-34-43(8)20-19-35(54-36(51)25-41(4,5)40(52)53)42(6,7)33(43)18-21-45(34,44)10/h12-15,27,31,33-35H,16-26H2,1-11H3,(H,52,53)/t31-,33+,34-,35+,43+,44-,45?,46-/m1/s1. The summed E-state index contributed by atoms with van der Waals surface area (Å²) in [6.45, 7) is 22.8.